The fraction of sp³-hybridized carbons (Fsp3) is 0.0769. The lowest BCUT2D eigenvalue weighted by atomic mass is 9.81. The molecular formula is C52H42N2. The molecule has 2 heteroatoms. The maximum Gasteiger partial charge on any atom is 0.0540 e. The van der Waals surface area contributed by atoms with Crippen molar-refractivity contribution in [2.45, 2.75) is 26.2 Å². The predicted molar refractivity (Wildman–Crippen MR) is 231 cm³/mol. The summed E-state index contributed by atoms with van der Waals surface area (Å²) in [6.07, 6.45) is 4.47. The van der Waals surface area contributed by atoms with Gasteiger partial charge < -0.3 is 9.80 Å². The highest BCUT2D eigenvalue weighted by atomic mass is 15.1. The Hall–Kier alpha value is -6.64. The van der Waals surface area contributed by atoms with Crippen molar-refractivity contribution in [1.29, 1.82) is 0 Å². The number of hydrogen-bond donors (Lipinski definition) is 0. The molecule has 0 heterocycles. The lowest BCUT2D eigenvalue weighted by Gasteiger charge is -2.28. The maximum absolute atomic E-state index is 2.39. The lowest BCUT2D eigenvalue weighted by molar-refractivity contribution is 0.660. The normalized spacial score (nSPS) is 12.8. The summed E-state index contributed by atoms with van der Waals surface area (Å²) in [5, 5.41) is 2.46. The molecular weight excluding hydrogens is 653 g/mol. The van der Waals surface area contributed by atoms with E-state index in [9.17, 15) is 0 Å². The summed E-state index contributed by atoms with van der Waals surface area (Å²) in [7, 11) is 0. The average Bonchev–Trinajstić information content (AvgIpc) is 3.44. The Morgan fingerprint density at radius 2 is 0.926 bits per heavy atom. The number of hydrogen-bond acceptors (Lipinski definition) is 2. The number of aryl methyl sites for hydroxylation is 1. The third kappa shape index (κ3) is 5.96. The molecule has 0 amide bonds. The van der Waals surface area contributed by atoms with Crippen molar-refractivity contribution in [2.75, 3.05) is 9.80 Å². The highest BCUT2D eigenvalue weighted by Crippen LogP contribution is 2.51. The number of para-hydroxylation sites is 3. The predicted octanol–water partition coefficient (Wildman–Crippen LogP) is 14.6. The van der Waals surface area contributed by atoms with Gasteiger partial charge in [-0.2, -0.15) is 0 Å². The van der Waals surface area contributed by atoms with E-state index in [1.165, 1.54) is 55.5 Å². The van der Waals surface area contributed by atoms with E-state index in [0.29, 0.717) is 0 Å². The van der Waals surface area contributed by atoms with Gasteiger partial charge in [0.25, 0.3) is 0 Å². The van der Waals surface area contributed by atoms with Gasteiger partial charge in [0.2, 0.25) is 0 Å². The summed E-state index contributed by atoms with van der Waals surface area (Å²) < 4.78 is 0. The monoisotopic (exact) mass is 694 g/mol. The molecule has 9 rings (SSSR count). The van der Waals surface area contributed by atoms with Crippen LogP contribution < -0.4 is 9.80 Å². The van der Waals surface area contributed by atoms with Crippen LogP contribution in [0, 0.1) is 6.92 Å². The van der Waals surface area contributed by atoms with E-state index in [1.54, 1.807) is 0 Å². The van der Waals surface area contributed by atoms with Crippen molar-refractivity contribution in [2.24, 2.45) is 0 Å². The van der Waals surface area contributed by atoms with Crippen LogP contribution in [0.4, 0.5) is 34.1 Å². The minimum atomic E-state index is -0.147. The van der Waals surface area contributed by atoms with Crippen LogP contribution in [0.2, 0.25) is 0 Å². The van der Waals surface area contributed by atoms with Crippen LogP contribution in [0.1, 0.15) is 41.7 Å². The molecule has 1 aliphatic carbocycles. The van der Waals surface area contributed by atoms with Gasteiger partial charge in [0, 0.05) is 39.2 Å². The van der Waals surface area contributed by atoms with Gasteiger partial charge >= 0.3 is 0 Å². The zero-order valence-electron chi connectivity index (χ0n) is 30.9. The van der Waals surface area contributed by atoms with Gasteiger partial charge in [-0.05, 0) is 112 Å². The van der Waals surface area contributed by atoms with Crippen LogP contribution in [0.15, 0.2) is 188 Å². The highest BCUT2D eigenvalue weighted by molar-refractivity contribution is 5.99. The zero-order chi connectivity index (χ0) is 36.6. The first-order valence-corrected chi connectivity index (χ1v) is 18.8. The molecule has 0 radical (unpaired) electrons. The van der Waals surface area contributed by atoms with Crippen molar-refractivity contribution in [3.63, 3.8) is 0 Å². The summed E-state index contributed by atoms with van der Waals surface area (Å²) in [5.74, 6) is 0. The molecule has 8 aromatic carbocycles. The molecule has 260 valence electrons. The van der Waals surface area contributed by atoms with E-state index < -0.39 is 0 Å². The van der Waals surface area contributed by atoms with Gasteiger partial charge in [-0.15, -0.1) is 0 Å². The number of fused-ring (bicyclic) bond motifs is 4. The molecule has 0 aromatic heterocycles. The molecule has 0 bridgehead atoms. The van der Waals surface area contributed by atoms with Crippen molar-refractivity contribution in [3.8, 4) is 11.1 Å². The molecule has 54 heavy (non-hydrogen) atoms. The lowest BCUT2D eigenvalue weighted by Crippen LogP contribution is -2.16. The Bertz CT molecular complexity index is 2590. The topological polar surface area (TPSA) is 6.48 Å². The van der Waals surface area contributed by atoms with Crippen molar-refractivity contribution >= 4 is 57.0 Å². The quantitative estimate of drug-likeness (QED) is 0.146. The van der Waals surface area contributed by atoms with Crippen molar-refractivity contribution in [1.82, 2.24) is 0 Å². The summed E-state index contributed by atoms with van der Waals surface area (Å²) in [6, 6.07) is 67.9. The van der Waals surface area contributed by atoms with Crippen LogP contribution in [0.3, 0.4) is 0 Å². The van der Waals surface area contributed by atoms with Gasteiger partial charge in [-0.3, -0.25) is 0 Å². The second-order valence-corrected chi connectivity index (χ2v) is 14.7. The van der Waals surface area contributed by atoms with Gasteiger partial charge in [0.15, 0.2) is 0 Å². The summed E-state index contributed by atoms with van der Waals surface area (Å²) in [5.41, 5.74) is 15.7. The molecule has 0 saturated heterocycles. The number of nitrogens with zero attached hydrogens (tertiary/aromatic N) is 2. The molecule has 0 atom stereocenters. The summed E-state index contributed by atoms with van der Waals surface area (Å²) >= 11 is 0. The second kappa shape index (κ2) is 13.7. The molecule has 0 spiro atoms. The largest absolute Gasteiger partial charge is 0.310 e. The van der Waals surface area contributed by atoms with E-state index in [1.807, 2.05) is 0 Å². The molecule has 2 nitrogen and oxygen atoms in total. The fourth-order valence-corrected chi connectivity index (χ4v) is 8.14. The van der Waals surface area contributed by atoms with Gasteiger partial charge in [-0.1, -0.05) is 153 Å². The number of rotatable bonds is 8. The molecule has 0 saturated carbocycles. The van der Waals surface area contributed by atoms with Crippen LogP contribution >= 0.6 is 0 Å². The van der Waals surface area contributed by atoms with E-state index in [-0.39, 0.29) is 5.41 Å². The minimum Gasteiger partial charge on any atom is -0.310 e. The van der Waals surface area contributed by atoms with E-state index in [4.69, 9.17) is 0 Å². The molecule has 1 aliphatic rings. The van der Waals surface area contributed by atoms with Crippen molar-refractivity contribution in [3.05, 3.63) is 216 Å². The zero-order valence-corrected chi connectivity index (χ0v) is 30.9. The van der Waals surface area contributed by atoms with Gasteiger partial charge in [0.1, 0.15) is 0 Å². The Balaban J connectivity index is 1.02. The number of anilines is 6. The Kier molecular flexibility index (Phi) is 8.44. The van der Waals surface area contributed by atoms with Crippen LogP contribution in [0.25, 0.3) is 34.1 Å². The van der Waals surface area contributed by atoms with Crippen molar-refractivity contribution < 1.29 is 0 Å². The first-order valence-electron chi connectivity index (χ1n) is 18.8. The average molecular weight is 695 g/mol. The Morgan fingerprint density at radius 3 is 1.65 bits per heavy atom. The second-order valence-electron chi connectivity index (χ2n) is 14.7. The summed E-state index contributed by atoms with van der Waals surface area (Å²) in [6.45, 7) is 6.91. The molecule has 0 unspecified atom stereocenters. The Labute approximate surface area is 318 Å². The van der Waals surface area contributed by atoms with Crippen LogP contribution in [-0.4, -0.2) is 0 Å². The highest BCUT2D eigenvalue weighted by Gasteiger charge is 2.36. The van der Waals surface area contributed by atoms with E-state index in [2.05, 4.69) is 231 Å². The maximum atomic E-state index is 2.39. The van der Waals surface area contributed by atoms with Crippen LogP contribution in [-0.2, 0) is 5.41 Å². The molecule has 0 aliphatic heterocycles. The fourth-order valence-electron chi connectivity index (χ4n) is 8.14. The number of benzene rings is 8. The van der Waals surface area contributed by atoms with Gasteiger partial charge in [0.05, 0.1) is 5.69 Å². The standard InChI is InChI=1S/C52H42N2/c1-37-15-10-13-23-50(37)54(51-24-14-17-40-16-11-12-22-45(40)51)43-30-27-38(28-31-43)25-26-39-29-33-46-47-34-32-44(36-49(47)52(2,3)48(46)35-39)53(41-18-6-4-7-19-41)42-20-8-5-9-21-42/h4-36H,1-3H3. The third-order valence-corrected chi connectivity index (χ3v) is 11.0. The third-order valence-electron chi connectivity index (χ3n) is 11.0. The summed E-state index contributed by atoms with van der Waals surface area (Å²) in [4.78, 5) is 4.73. The Morgan fingerprint density at radius 1 is 0.407 bits per heavy atom. The molecule has 0 fully saturated rings. The molecule has 8 aromatic rings. The SMILES string of the molecule is Cc1ccccc1N(c1ccc(C=Cc2ccc3c(c2)C(C)(C)c2cc(N(c4ccccc4)c4ccccc4)ccc2-3)cc1)c1cccc2ccccc12. The van der Waals surface area contributed by atoms with E-state index in [0.717, 1.165) is 28.3 Å². The first-order chi connectivity index (χ1) is 26.5. The first kappa shape index (κ1) is 33.2. The minimum absolute atomic E-state index is 0.147. The van der Waals surface area contributed by atoms with E-state index >= 15 is 0 Å². The van der Waals surface area contributed by atoms with Gasteiger partial charge in [-0.25, -0.2) is 0 Å². The van der Waals surface area contributed by atoms with Crippen LogP contribution in [0.5, 0.6) is 0 Å². The molecule has 0 N–H and O–H groups in total. The smallest absolute Gasteiger partial charge is 0.0540 e.